The van der Waals surface area contributed by atoms with Crippen molar-refractivity contribution in [1.29, 1.82) is 0 Å². The lowest BCUT2D eigenvalue weighted by Crippen LogP contribution is -2.02. The molecule has 96 valence electrons. The van der Waals surface area contributed by atoms with Gasteiger partial charge in [-0.15, -0.1) is 16.4 Å². The van der Waals surface area contributed by atoms with Crippen LogP contribution in [0.4, 0.5) is 0 Å². The minimum Gasteiger partial charge on any atom is -0.381 e. The second-order valence-electron chi connectivity index (χ2n) is 4.74. The summed E-state index contributed by atoms with van der Waals surface area (Å²) < 4.78 is 7.33. The average Bonchev–Trinajstić information content (AvgIpc) is 3.08. The molecule has 1 aliphatic heterocycles. The van der Waals surface area contributed by atoms with E-state index in [1.807, 2.05) is 16.0 Å². The zero-order valence-corrected chi connectivity index (χ0v) is 11.3. The maximum absolute atomic E-state index is 5.38. The maximum Gasteiger partial charge on any atom is 0.0881 e. The summed E-state index contributed by atoms with van der Waals surface area (Å²) in [6, 6.07) is 2.17. The Hall–Kier alpha value is -1.20. The Kier molecular flexibility index (Phi) is 3.43. The van der Waals surface area contributed by atoms with Gasteiger partial charge in [0.25, 0.3) is 0 Å². The van der Waals surface area contributed by atoms with Crippen LogP contribution in [0.1, 0.15) is 28.5 Å². The first-order valence-electron chi connectivity index (χ1n) is 6.33. The van der Waals surface area contributed by atoms with E-state index in [1.165, 1.54) is 10.4 Å². The molecule has 0 aliphatic carbocycles. The molecule has 0 bridgehead atoms. The van der Waals surface area contributed by atoms with Crippen molar-refractivity contribution in [2.24, 2.45) is 0 Å². The summed E-state index contributed by atoms with van der Waals surface area (Å²) >= 11 is 1.82. The third-order valence-electron chi connectivity index (χ3n) is 3.44. The number of hydrogen-bond acceptors (Lipinski definition) is 4. The molecule has 1 unspecified atom stereocenters. The van der Waals surface area contributed by atoms with Crippen LogP contribution in [0.2, 0.25) is 0 Å². The molecule has 0 amide bonds. The summed E-state index contributed by atoms with van der Waals surface area (Å²) in [5, 5.41) is 10.6. The van der Waals surface area contributed by atoms with E-state index in [2.05, 4.69) is 34.9 Å². The summed E-state index contributed by atoms with van der Waals surface area (Å²) in [7, 11) is 0. The van der Waals surface area contributed by atoms with Crippen LogP contribution in [-0.4, -0.2) is 28.2 Å². The van der Waals surface area contributed by atoms with Gasteiger partial charge in [-0.05, 0) is 30.4 Å². The number of thiophene rings is 1. The number of hydrogen-bond donors (Lipinski definition) is 0. The molecule has 0 radical (unpaired) electrons. The summed E-state index contributed by atoms with van der Waals surface area (Å²) in [6.07, 6.45) is 4.18. The van der Waals surface area contributed by atoms with Gasteiger partial charge in [-0.25, -0.2) is 0 Å². The van der Waals surface area contributed by atoms with Gasteiger partial charge in [0, 0.05) is 36.6 Å². The highest BCUT2D eigenvalue weighted by molar-refractivity contribution is 7.10. The van der Waals surface area contributed by atoms with Crippen molar-refractivity contribution in [2.75, 3.05) is 13.2 Å². The molecular formula is C13H17N3OS. The summed E-state index contributed by atoms with van der Waals surface area (Å²) in [5.41, 5.74) is 2.46. The van der Waals surface area contributed by atoms with E-state index in [9.17, 15) is 0 Å². The van der Waals surface area contributed by atoms with Crippen molar-refractivity contribution < 1.29 is 4.74 Å². The van der Waals surface area contributed by atoms with Gasteiger partial charge in [0.2, 0.25) is 0 Å². The fourth-order valence-electron chi connectivity index (χ4n) is 2.25. The summed E-state index contributed by atoms with van der Waals surface area (Å²) in [5.74, 6) is 0.447. The van der Waals surface area contributed by atoms with Gasteiger partial charge < -0.3 is 4.74 Å². The van der Waals surface area contributed by atoms with Gasteiger partial charge in [0.15, 0.2) is 0 Å². The van der Waals surface area contributed by atoms with Crippen LogP contribution >= 0.6 is 11.3 Å². The maximum atomic E-state index is 5.38. The van der Waals surface area contributed by atoms with E-state index in [1.54, 1.807) is 0 Å². The average molecular weight is 263 g/mol. The first-order valence-corrected chi connectivity index (χ1v) is 7.21. The molecule has 1 fully saturated rings. The molecule has 0 N–H and O–H groups in total. The van der Waals surface area contributed by atoms with Crippen molar-refractivity contribution in [3.8, 4) is 0 Å². The Labute approximate surface area is 111 Å². The minimum absolute atomic E-state index is 0.447. The van der Waals surface area contributed by atoms with Crippen LogP contribution < -0.4 is 0 Å². The second-order valence-corrected chi connectivity index (χ2v) is 5.74. The van der Waals surface area contributed by atoms with Crippen LogP contribution in [0.25, 0.3) is 0 Å². The molecule has 1 aliphatic rings. The molecule has 5 heteroatoms. The zero-order chi connectivity index (χ0) is 12.4. The Bertz CT molecular complexity index is 514. The first kappa shape index (κ1) is 11.9. The van der Waals surface area contributed by atoms with Gasteiger partial charge in [-0.2, -0.15) is 0 Å². The predicted octanol–water partition coefficient (Wildman–Crippen LogP) is 2.39. The van der Waals surface area contributed by atoms with Gasteiger partial charge in [-0.1, -0.05) is 5.21 Å². The third kappa shape index (κ3) is 2.47. The number of nitrogens with zero attached hydrogens (tertiary/aromatic N) is 3. The molecule has 2 aromatic heterocycles. The van der Waals surface area contributed by atoms with Crippen LogP contribution in [0.15, 0.2) is 17.6 Å². The summed E-state index contributed by atoms with van der Waals surface area (Å²) in [6.45, 7) is 4.71. The minimum atomic E-state index is 0.447. The molecule has 1 saturated heterocycles. The smallest absolute Gasteiger partial charge is 0.0881 e. The van der Waals surface area contributed by atoms with Crippen molar-refractivity contribution in [1.82, 2.24) is 15.0 Å². The van der Waals surface area contributed by atoms with Crippen LogP contribution in [0.5, 0.6) is 0 Å². The van der Waals surface area contributed by atoms with Crippen LogP contribution in [0, 0.1) is 6.92 Å². The number of ether oxygens (including phenoxy) is 1. The van der Waals surface area contributed by atoms with E-state index >= 15 is 0 Å². The molecule has 2 aromatic rings. The fraction of sp³-hybridized carbons (Fsp3) is 0.538. The van der Waals surface area contributed by atoms with E-state index in [4.69, 9.17) is 4.74 Å². The number of aromatic nitrogens is 3. The molecular weight excluding hydrogens is 246 g/mol. The molecule has 18 heavy (non-hydrogen) atoms. The van der Waals surface area contributed by atoms with Crippen LogP contribution in [0.3, 0.4) is 0 Å². The third-order valence-corrected chi connectivity index (χ3v) is 4.52. The molecule has 4 nitrogen and oxygen atoms in total. The molecule has 0 saturated carbocycles. The SMILES string of the molecule is Cc1ccsc1CCn1cc(C2CCOC2)nn1. The van der Waals surface area contributed by atoms with Crippen molar-refractivity contribution in [3.63, 3.8) is 0 Å². The second kappa shape index (κ2) is 5.20. The lowest BCUT2D eigenvalue weighted by atomic mass is 10.1. The summed E-state index contributed by atoms with van der Waals surface area (Å²) in [4.78, 5) is 1.44. The molecule has 0 spiro atoms. The highest BCUT2D eigenvalue weighted by atomic mass is 32.1. The normalized spacial score (nSPS) is 19.5. The lowest BCUT2D eigenvalue weighted by Gasteiger charge is -2.01. The topological polar surface area (TPSA) is 39.9 Å². The van der Waals surface area contributed by atoms with Crippen molar-refractivity contribution in [3.05, 3.63) is 33.8 Å². The Morgan fingerprint density at radius 2 is 2.50 bits per heavy atom. The molecule has 3 rings (SSSR count). The van der Waals surface area contributed by atoms with Gasteiger partial charge in [0.05, 0.1) is 12.3 Å². The van der Waals surface area contributed by atoms with Gasteiger partial charge in [-0.3, -0.25) is 4.68 Å². The van der Waals surface area contributed by atoms with E-state index < -0.39 is 0 Å². The monoisotopic (exact) mass is 263 g/mol. The van der Waals surface area contributed by atoms with Crippen molar-refractivity contribution in [2.45, 2.75) is 32.2 Å². The Balaban J connectivity index is 1.61. The van der Waals surface area contributed by atoms with Gasteiger partial charge >= 0.3 is 0 Å². The zero-order valence-electron chi connectivity index (χ0n) is 10.5. The number of aryl methyl sites for hydroxylation is 3. The standard InChI is InChI=1S/C13H17N3OS/c1-10-4-7-18-13(10)2-5-16-8-12(14-15-16)11-3-6-17-9-11/h4,7-8,11H,2-3,5-6,9H2,1H3. The van der Waals surface area contributed by atoms with Crippen molar-refractivity contribution >= 4 is 11.3 Å². The van der Waals surface area contributed by atoms with Gasteiger partial charge in [0.1, 0.15) is 0 Å². The Morgan fingerprint density at radius 1 is 1.56 bits per heavy atom. The first-order chi connectivity index (χ1) is 8.83. The Morgan fingerprint density at radius 3 is 3.22 bits per heavy atom. The number of rotatable bonds is 4. The highest BCUT2D eigenvalue weighted by Crippen LogP contribution is 2.23. The lowest BCUT2D eigenvalue weighted by molar-refractivity contribution is 0.193. The predicted molar refractivity (Wildman–Crippen MR) is 71.0 cm³/mol. The fourth-order valence-corrected chi connectivity index (χ4v) is 3.15. The molecule has 1 atom stereocenters. The van der Waals surface area contributed by atoms with Crippen LogP contribution in [-0.2, 0) is 17.7 Å². The molecule has 0 aromatic carbocycles. The molecule has 3 heterocycles. The van der Waals surface area contributed by atoms with E-state index in [0.29, 0.717) is 5.92 Å². The van der Waals surface area contributed by atoms with E-state index in [0.717, 1.165) is 38.3 Å². The quantitative estimate of drug-likeness (QED) is 0.850. The largest absolute Gasteiger partial charge is 0.381 e. The van der Waals surface area contributed by atoms with E-state index in [-0.39, 0.29) is 0 Å². The highest BCUT2D eigenvalue weighted by Gasteiger charge is 2.20.